The molecule has 1 saturated carbocycles. The third-order valence-corrected chi connectivity index (χ3v) is 6.47. The Hall–Kier alpha value is -2.21. The molecule has 0 aromatic heterocycles. The van der Waals surface area contributed by atoms with Crippen LogP contribution in [0.15, 0.2) is 36.0 Å². The van der Waals surface area contributed by atoms with Gasteiger partial charge in [0.15, 0.2) is 5.60 Å². The summed E-state index contributed by atoms with van der Waals surface area (Å²) in [4.78, 5) is 35.0. The highest BCUT2D eigenvalue weighted by molar-refractivity contribution is 5.88. The molecule has 0 spiro atoms. The fourth-order valence-corrected chi connectivity index (χ4v) is 5.36. The van der Waals surface area contributed by atoms with Gasteiger partial charge in [-0.1, -0.05) is 39.3 Å². The number of fused-ring (bicyclic) bond motifs is 3. The fourth-order valence-electron chi connectivity index (χ4n) is 5.36. The maximum Gasteiger partial charge on any atom is 0.343 e. The van der Waals surface area contributed by atoms with Crippen LogP contribution in [-0.4, -0.2) is 41.6 Å². The minimum absolute atomic E-state index is 0.0179. The summed E-state index contributed by atoms with van der Waals surface area (Å²) in [6.07, 6.45) is 9.59. The highest BCUT2D eigenvalue weighted by atomic mass is 16.6. The zero-order valence-corrected chi connectivity index (χ0v) is 15.9. The average molecular weight is 374 g/mol. The molecule has 0 radical (unpaired) electrons. The first kappa shape index (κ1) is 19.5. The lowest BCUT2D eigenvalue weighted by atomic mass is 9.46. The van der Waals surface area contributed by atoms with Crippen molar-refractivity contribution in [3.05, 3.63) is 36.0 Å². The number of esters is 2. The number of rotatable bonds is 4. The van der Waals surface area contributed by atoms with E-state index in [1.54, 1.807) is 6.08 Å². The molecular formula is C21H26O6. The molecule has 146 valence electrons. The number of cyclic esters (lactones) is 1. The lowest BCUT2D eigenvalue weighted by Gasteiger charge is -2.59. The SMILES string of the molecule is CC1(C)CCCC2(C)C1C(OC(=O)/C=C/C=C/C=O)C=C1COC(=O)C12O. The van der Waals surface area contributed by atoms with Crippen LogP contribution in [0.25, 0.3) is 0 Å². The Bertz CT molecular complexity index is 746. The second kappa shape index (κ2) is 6.75. The molecule has 0 amide bonds. The summed E-state index contributed by atoms with van der Waals surface area (Å²) in [5.74, 6) is -1.38. The average Bonchev–Trinajstić information content (AvgIpc) is 2.88. The number of ether oxygens (including phenoxy) is 2. The fraction of sp³-hybridized carbons (Fsp3) is 0.571. The van der Waals surface area contributed by atoms with Gasteiger partial charge in [-0.05, 0) is 30.4 Å². The predicted molar refractivity (Wildman–Crippen MR) is 97.4 cm³/mol. The number of hydrogen-bond acceptors (Lipinski definition) is 6. The van der Waals surface area contributed by atoms with E-state index in [0.717, 1.165) is 12.8 Å². The van der Waals surface area contributed by atoms with Crippen molar-refractivity contribution >= 4 is 18.2 Å². The first-order chi connectivity index (χ1) is 12.7. The van der Waals surface area contributed by atoms with Gasteiger partial charge < -0.3 is 14.6 Å². The van der Waals surface area contributed by atoms with Crippen molar-refractivity contribution in [1.82, 2.24) is 0 Å². The third-order valence-electron chi connectivity index (χ3n) is 6.47. The van der Waals surface area contributed by atoms with Gasteiger partial charge in [0.2, 0.25) is 0 Å². The summed E-state index contributed by atoms with van der Waals surface area (Å²) < 4.78 is 10.9. The van der Waals surface area contributed by atoms with E-state index in [4.69, 9.17) is 9.47 Å². The lowest BCUT2D eigenvalue weighted by molar-refractivity contribution is -0.194. The summed E-state index contributed by atoms with van der Waals surface area (Å²) in [5, 5.41) is 11.4. The van der Waals surface area contributed by atoms with Gasteiger partial charge in [0, 0.05) is 23.0 Å². The smallest absolute Gasteiger partial charge is 0.343 e. The van der Waals surface area contributed by atoms with E-state index >= 15 is 0 Å². The monoisotopic (exact) mass is 374 g/mol. The van der Waals surface area contributed by atoms with Crippen LogP contribution in [0.5, 0.6) is 0 Å². The van der Waals surface area contributed by atoms with Crippen molar-refractivity contribution < 1.29 is 29.0 Å². The molecule has 6 heteroatoms. The first-order valence-corrected chi connectivity index (χ1v) is 9.27. The van der Waals surface area contributed by atoms with Crippen LogP contribution < -0.4 is 0 Å². The Morgan fingerprint density at radius 1 is 1.26 bits per heavy atom. The minimum Gasteiger partial charge on any atom is -0.459 e. The molecule has 1 heterocycles. The molecular weight excluding hydrogens is 348 g/mol. The third kappa shape index (κ3) is 2.96. The van der Waals surface area contributed by atoms with Gasteiger partial charge in [-0.2, -0.15) is 0 Å². The molecule has 0 aromatic rings. The lowest BCUT2D eigenvalue weighted by Crippen LogP contribution is -2.65. The molecule has 0 aromatic carbocycles. The van der Waals surface area contributed by atoms with E-state index in [-0.39, 0.29) is 17.9 Å². The number of allylic oxidation sites excluding steroid dienone is 3. The van der Waals surface area contributed by atoms with E-state index < -0.39 is 29.1 Å². The zero-order valence-electron chi connectivity index (χ0n) is 15.9. The highest BCUT2D eigenvalue weighted by Crippen LogP contribution is 2.63. The van der Waals surface area contributed by atoms with Gasteiger partial charge in [0.25, 0.3) is 0 Å². The van der Waals surface area contributed by atoms with Gasteiger partial charge in [-0.15, -0.1) is 0 Å². The van der Waals surface area contributed by atoms with E-state index in [1.165, 1.54) is 24.3 Å². The molecule has 1 N–H and O–H groups in total. The van der Waals surface area contributed by atoms with Crippen LogP contribution in [0.1, 0.15) is 40.0 Å². The molecule has 4 atom stereocenters. The number of carbonyl (C=O) groups excluding carboxylic acids is 3. The zero-order chi connectivity index (χ0) is 19.9. The molecule has 1 saturated heterocycles. The van der Waals surface area contributed by atoms with Crippen molar-refractivity contribution in [2.24, 2.45) is 16.7 Å². The normalized spacial score (nSPS) is 37.5. The molecule has 2 fully saturated rings. The number of aliphatic hydroxyl groups is 1. The van der Waals surface area contributed by atoms with E-state index in [0.29, 0.717) is 18.3 Å². The first-order valence-electron chi connectivity index (χ1n) is 9.27. The molecule has 1 aliphatic heterocycles. The van der Waals surface area contributed by atoms with Crippen LogP contribution >= 0.6 is 0 Å². The van der Waals surface area contributed by atoms with Crippen LogP contribution in [0.3, 0.4) is 0 Å². The minimum atomic E-state index is -1.67. The van der Waals surface area contributed by atoms with Crippen LogP contribution in [0.2, 0.25) is 0 Å². The van der Waals surface area contributed by atoms with E-state index in [1.807, 2.05) is 6.92 Å². The van der Waals surface area contributed by atoms with Crippen LogP contribution in [0, 0.1) is 16.7 Å². The van der Waals surface area contributed by atoms with Gasteiger partial charge in [0.05, 0.1) is 0 Å². The molecule has 0 bridgehead atoms. The number of carbonyl (C=O) groups is 3. The number of hydrogen-bond donors (Lipinski definition) is 1. The molecule has 4 unspecified atom stereocenters. The molecule has 6 nitrogen and oxygen atoms in total. The summed E-state index contributed by atoms with van der Waals surface area (Å²) in [5.41, 5.74) is -2.20. The van der Waals surface area contributed by atoms with Crippen molar-refractivity contribution in [1.29, 1.82) is 0 Å². The largest absolute Gasteiger partial charge is 0.459 e. The van der Waals surface area contributed by atoms with Crippen molar-refractivity contribution in [2.75, 3.05) is 6.61 Å². The van der Waals surface area contributed by atoms with Gasteiger partial charge in [0.1, 0.15) is 19.0 Å². The molecule has 3 rings (SSSR count). The van der Waals surface area contributed by atoms with Crippen LogP contribution in [0.4, 0.5) is 0 Å². The highest BCUT2D eigenvalue weighted by Gasteiger charge is 2.69. The Morgan fingerprint density at radius 2 is 2.00 bits per heavy atom. The summed E-state index contributed by atoms with van der Waals surface area (Å²) >= 11 is 0. The van der Waals surface area contributed by atoms with Gasteiger partial charge in [-0.3, -0.25) is 4.79 Å². The molecule has 3 aliphatic rings. The predicted octanol–water partition coefficient (Wildman–Crippen LogP) is 2.27. The van der Waals surface area contributed by atoms with Crippen molar-refractivity contribution in [2.45, 2.75) is 51.7 Å². The standard InChI is InChI=1S/C21H26O6/c1-19(2)9-7-10-20(3)17(19)15(27-16(23)8-5-4-6-11-22)12-14-13-26-18(24)21(14,20)25/h4-6,8,11-12,15,17,25H,7,9-10,13H2,1-3H3/b6-4+,8-5+. The Labute approximate surface area is 158 Å². The van der Waals surface area contributed by atoms with E-state index in [2.05, 4.69) is 13.8 Å². The Kier molecular flexibility index (Phi) is 4.89. The topological polar surface area (TPSA) is 89.9 Å². The Balaban J connectivity index is 1.98. The van der Waals surface area contributed by atoms with Crippen LogP contribution in [-0.2, 0) is 23.9 Å². The van der Waals surface area contributed by atoms with Crippen molar-refractivity contribution in [3.8, 4) is 0 Å². The maximum atomic E-state index is 12.5. The summed E-state index contributed by atoms with van der Waals surface area (Å²) in [6, 6.07) is 0. The summed E-state index contributed by atoms with van der Waals surface area (Å²) in [7, 11) is 0. The second-order valence-electron chi connectivity index (χ2n) is 8.50. The molecule has 2 aliphatic carbocycles. The van der Waals surface area contributed by atoms with E-state index in [9.17, 15) is 19.5 Å². The quantitative estimate of drug-likeness (QED) is 0.267. The molecule has 27 heavy (non-hydrogen) atoms. The number of aldehydes is 1. The van der Waals surface area contributed by atoms with Crippen molar-refractivity contribution in [3.63, 3.8) is 0 Å². The van der Waals surface area contributed by atoms with Gasteiger partial charge in [-0.25, -0.2) is 9.59 Å². The Morgan fingerprint density at radius 3 is 2.70 bits per heavy atom. The summed E-state index contributed by atoms with van der Waals surface area (Å²) in [6.45, 7) is 6.09. The maximum absolute atomic E-state index is 12.5. The van der Waals surface area contributed by atoms with Gasteiger partial charge >= 0.3 is 11.9 Å². The second-order valence-corrected chi connectivity index (χ2v) is 8.50.